The molecule has 1 aliphatic heterocycles. The van der Waals surface area contributed by atoms with Crippen molar-refractivity contribution in [2.24, 2.45) is 5.73 Å². The fraction of sp³-hybridized carbons (Fsp3) is 0.250. The van der Waals surface area contributed by atoms with Crippen LogP contribution in [0.4, 0.5) is 4.39 Å². The van der Waals surface area contributed by atoms with Crippen LogP contribution < -0.4 is 10.5 Å². The molecule has 3 aromatic rings. The molecule has 1 saturated heterocycles. The van der Waals surface area contributed by atoms with Gasteiger partial charge in [-0.25, -0.2) is 4.39 Å². The van der Waals surface area contributed by atoms with Gasteiger partial charge in [0, 0.05) is 24.7 Å². The van der Waals surface area contributed by atoms with E-state index in [0.29, 0.717) is 24.0 Å². The van der Waals surface area contributed by atoms with Crippen molar-refractivity contribution >= 4 is 17.7 Å². The van der Waals surface area contributed by atoms with Crippen LogP contribution in [0.3, 0.4) is 0 Å². The van der Waals surface area contributed by atoms with E-state index in [-0.39, 0.29) is 54.9 Å². The van der Waals surface area contributed by atoms with E-state index in [1.54, 1.807) is 13.0 Å². The molecule has 2 aliphatic rings. The number of hydrogen-bond acceptors (Lipinski definition) is 5. The van der Waals surface area contributed by atoms with Gasteiger partial charge >= 0.3 is 0 Å². The van der Waals surface area contributed by atoms with E-state index in [9.17, 15) is 23.9 Å². The molecule has 8 nitrogen and oxygen atoms in total. The SMILES string of the molecule is CCc1cc(O)c(Oc2c(C(=O)N3CCN(CC(N)=O)C(=O)C3)ccc3c2-c2ccccc2C3)cc1F. The summed E-state index contributed by atoms with van der Waals surface area (Å²) in [4.78, 5) is 40.2. The molecule has 3 N–H and O–H groups in total. The van der Waals surface area contributed by atoms with Gasteiger partial charge in [-0.15, -0.1) is 0 Å². The quantitative estimate of drug-likeness (QED) is 0.420. The van der Waals surface area contributed by atoms with Gasteiger partial charge in [-0.05, 0) is 47.2 Å². The Morgan fingerprint density at radius 2 is 1.89 bits per heavy atom. The molecule has 5 rings (SSSR count). The molecule has 0 unspecified atom stereocenters. The second kappa shape index (κ2) is 9.57. The van der Waals surface area contributed by atoms with E-state index < -0.39 is 17.6 Å². The summed E-state index contributed by atoms with van der Waals surface area (Å²) >= 11 is 0. The largest absolute Gasteiger partial charge is 0.504 e. The van der Waals surface area contributed by atoms with Crippen molar-refractivity contribution in [2.75, 3.05) is 26.2 Å². The Labute approximate surface area is 213 Å². The Hall–Kier alpha value is -4.40. The number of aromatic hydroxyl groups is 1. The Bertz CT molecular complexity index is 1440. The van der Waals surface area contributed by atoms with Gasteiger partial charge in [-0.2, -0.15) is 0 Å². The van der Waals surface area contributed by atoms with E-state index in [1.807, 2.05) is 30.3 Å². The summed E-state index contributed by atoms with van der Waals surface area (Å²) in [6.07, 6.45) is 1.03. The molecule has 0 aromatic heterocycles. The van der Waals surface area contributed by atoms with Crippen molar-refractivity contribution in [3.63, 3.8) is 0 Å². The van der Waals surface area contributed by atoms with E-state index in [0.717, 1.165) is 22.8 Å². The van der Waals surface area contributed by atoms with Crippen molar-refractivity contribution in [3.05, 3.63) is 76.6 Å². The normalized spacial score (nSPS) is 14.4. The van der Waals surface area contributed by atoms with Crippen LogP contribution in [-0.2, 0) is 22.4 Å². The number of halogens is 1. The lowest BCUT2D eigenvalue weighted by Crippen LogP contribution is -2.54. The maximum atomic E-state index is 14.6. The van der Waals surface area contributed by atoms with Gasteiger partial charge in [0.25, 0.3) is 5.91 Å². The van der Waals surface area contributed by atoms with E-state index >= 15 is 0 Å². The predicted octanol–water partition coefficient (Wildman–Crippen LogP) is 3.23. The third kappa shape index (κ3) is 4.48. The van der Waals surface area contributed by atoms with Gasteiger partial charge in [0.2, 0.25) is 11.8 Å². The number of rotatable bonds is 6. The highest BCUT2D eigenvalue weighted by atomic mass is 19.1. The van der Waals surface area contributed by atoms with Gasteiger partial charge in [0.15, 0.2) is 11.5 Å². The maximum Gasteiger partial charge on any atom is 0.258 e. The zero-order chi connectivity index (χ0) is 26.3. The third-order valence-electron chi connectivity index (χ3n) is 6.82. The number of nitrogens with two attached hydrogens (primary N) is 1. The van der Waals surface area contributed by atoms with E-state index in [2.05, 4.69) is 0 Å². The zero-order valence-electron chi connectivity index (χ0n) is 20.3. The molecule has 0 spiro atoms. The number of fused-ring (bicyclic) bond motifs is 3. The highest BCUT2D eigenvalue weighted by Gasteiger charge is 2.33. The smallest absolute Gasteiger partial charge is 0.258 e. The monoisotopic (exact) mass is 503 g/mol. The fourth-order valence-corrected chi connectivity index (χ4v) is 4.92. The van der Waals surface area contributed by atoms with Gasteiger partial charge in [0.1, 0.15) is 18.1 Å². The lowest BCUT2D eigenvalue weighted by molar-refractivity contribution is -0.138. The number of primary amides is 1. The summed E-state index contributed by atoms with van der Waals surface area (Å²) in [6.45, 7) is 1.73. The first-order chi connectivity index (χ1) is 17.8. The number of phenols is 1. The number of carbonyl (C=O) groups excluding carboxylic acids is 3. The lowest BCUT2D eigenvalue weighted by Gasteiger charge is -2.34. The molecule has 0 bridgehead atoms. The molecule has 1 fully saturated rings. The Morgan fingerprint density at radius 1 is 1.11 bits per heavy atom. The van der Waals surface area contributed by atoms with Gasteiger partial charge in [-0.1, -0.05) is 37.3 Å². The first kappa shape index (κ1) is 24.3. The minimum absolute atomic E-state index is 0.108. The number of benzene rings is 3. The van der Waals surface area contributed by atoms with Crippen LogP contribution in [0.25, 0.3) is 11.1 Å². The molecule has 1 aliphatic carbocycles. The highest BCUT2D eigenvalue weighted by Crippen LogP contribution is 2.47. The number of carbonyl (C=O) groups is 3. The molecule has 0 atom stereocenters. The van der Waals surface area contributed by atoms with Crippen LogP contribution in [-0.4, -0.2) is 58.8 Å². The summed E-state index contributed by atoms with van der Waals surface area (Å²) in [6, 6.07) is 13.7. The Kier molecular flexibility index (Phi) is 6.29. The van der Waals surface area contributed by atoms with Crippen molar-refractivity contribution in [3.8, 4) is 28.4 Å². The van der Waals surface area contributed by atoms with Crippen molar-refractivity contribution in [1.82, 2.24) is 9.80 Å². The van der Waals surface area contributed by atoms with E-state index in [4.69, 9.17) is 10.5 Å². The molecule has 3 amide bonds. The molecule has 190 valence electrons. The minimum Gasteiger partial charge on any atom is -0.504 e. The van der Waals surface area contributed by atoms with Crippen LogP contribution in [0.1, 0.15) is 34.0 Å². The molecular weight excluding hydrogens is 477 g/mol. The highest BCUT2D eigenvalue weighted by molar-refractivity contribution is 6.03. The minimum atomic E-state index is -0.623. The van der Waals surface area contributed by atoms with Gasteiger partial charge < -0.3 is 25.4 Å². The fourth-order valence-electron chi connectivity index (χ4n) is 4.92. The molecule has 37 heavy (non-hydrogen) atoms. The molecular formula is C28H26FN3O5. The molecule has 3 aromatic carbocycles. The van der Waals surface area contributed by atoms with Crippen molar-refractivity contribution in [2.45, 2.75) is 19.8 Å². The van der Waals surface area contributed by atoms with Crippen LogP contribution in [0.15, 0.2) is 48.5 Å². The molecule has 0 radical (unpaired) electrons. The standard InChI is InChI=1S/C28H26FN3O5/c1-2-16-12-22(33)23(13-21(16)29)37-27-20(8-7-18-11-17-5-3-4-6-19(17)26(18)27)28(36)32-10-9-31(14-24(30)34)25(35)15-32/h3-8,12-13,33H,2,9-11,14-15H2,1H3,(H2,30,34). The zero-order valence-corrected chi connectivity index (χ0v) is 20.3. The maximum absolute atomic E-state index is 14.6. The van der Waals surface area contributed by atoms with Crippen molar-refractivity contribution in [1.29, 1.82) is 0 Å². The van der Waals surface area contributed by atoms with Crippen LogP contribution in [0.2, 0.25) is 0 Å². The number of phenolic OH excluding ortho intramolecular Hbond substituents is 1. The first-order valence-electron chi connectivity index (χ1n) is 12.1. The van der Waals surface area contributed by atoms with Crippen LogP contribution in [0, 0.1) is 5.82 Å². The number of aryl methyl sites for hydroxylation is 1. The Morgan fingerprint density at radius 3 is 2.62 bits per heavy atom. The number of ether oxygens (including phenoxy) is 1. The van der Waals surface area contributed by atoms with Crippen LogP contribution in [0.5, 0.6) is 17.2 Å². The average Bonchev–Trinajstić information content (AvgIpc) is 3.25. The molecule has 1 heterocycles. The van der Waals surface area contributed by atoms with E-state index in [1.165, 1.54) is 15.9 Å². The number of nitrogens with zero attached hydrogens (tertiary/aromatic N) is 2. The summed E-state index contributed by atoms with van der Waals surface area (Å²) in [7, 11) is 0. The summed E-state index contributed by atoms with van der Waals surface area (Å²) in [5, 5.41) is 10.6. The van der Waals surface area contributed by atoms with Gasteiger partial charge in [-0.3, -0.25) is 14.4 Å². The molecule has 9 heteroatoms. The van der Waals surface area contributed by atoms with Gasteiger partial charge in [0.05, 0.1) is 12.1 Å². The lowest BCUT2D eigenvalue weighted by atomic mass is 9.99. The summed E-state index contributed by atoms with van der Waals surface area (Å²) < 4.78 is 20.8. The number of piperazine rings is 1. The second-order valence-electron chi connectivity index (χ2n) is 9.19. The Balaban J connectivity index is 1.56. The second-order valence-corrected chi connectivity index (χ2v) is 9.19. The van der Waals surface area contributed by atoms with Crippen molar-refractivity contribution < 1.29 is 28.6 Å². The topological polar surface area (TPSA) is 113 Å². The van der Waals surface area contributed by atoms with Crippen LogP contribution >= 0.6 is 0 Å². The number of amides is 3. The predicted molar refractivity (Wildman–Crippen MR) is 134 cm³/mol. The number of hydrogen-bond donors (Lipinski definition) is 2. The summed E-state index contributed by atoms with van der Waals surface area (Å²) in [5.74, 6) is -2.13. The third-order valence-corrected chi connectivity index (χ3v) is 6.82. The average molecular weight is 504 g/mol. The first-order valence-corrected chi connectivity index (χ1v) is 12.1. The molecule has 0 saturated carbocycles. The summed E-state index contributed by atoms with van der Waals surface area (Å²) in [5.41, 5.74) is 9.31.